The first-order valence-electron chi connectivity index (χ1n) is 12.1. The van der Waals surface area contributed by atoms with Gasteiger partial charge in [0.25, 0.3) is 5.91 Å². The van der Waals surface area contributed by atoms with E-state index in [0.717, 1.165) is 21.4 Å². The Bertz CT molecular complexity index is 1420. The van der Waals surface area contributed by atoms with Gasteiger partial charge in [0.2, 0.25) is 5.91 Å². The first-order valence-corrected chi connectivity index (χ1v) is 12.9. The van der Waals surface area contributed by atoms with Crippen molar-refractivity contribution < 1.29 is 19.1 Å². The molecule has 3 aromatic carbocycles. The highest BCUT2D eigenvalue weighted by atomic mass is 79.9. The predicted molar refractivity (Wildman–Crippen MR) is 154 cm³/mol. The van der Waals surface area contributed by atoms with Gasteiger partial charge < -0.3 is 25.2 Å². The van der Waals surface area contributed by atoms with Gasteiger partial charge >= 0.3 is 5.97 Å². The molecule has 1 heterocycles. The maximum Gasteiger partial charge on any atom is 0.338 e. The number of rotatable bonds is 8. The lowest BCUT2D eigenvalue weighted by Crippen LogP contribution is -2.35. The van der Waals surface area contributed by atoms with Crippen molar-refractivity contribution in [2.45, 2.75) is 6.92 Å². The fraction of sp³-hybridized carbons (Fsp3) is 0.207. The van der Waals surface area contributed by atoms with Crippen LogP contribution in [0.15, 0.2) is 71.2 Å². The molecule has 38 heavy (non-hydrogen) atoms. The molecule has 2 amide bonds. The van der Waals surface area contributed by atoms with E-state index in [1.54, 1.807) is 37.1 Å². The number of hydrogen-bond donors (Lipinski definition) is 2. The second kappa shape index (κ2) is 11.6. The molecular formula is C29H29BrN4O4. The Morgan fingerprint density at radius 1 is 0.974 bits per heavy atom. The van der Waals surface area contributed by atoms with Crippen LogP contribution in [-0.2, 0) is 14.3 Å². The number of nitrogens with zero attached hydrogens (tertiary/aromatic N) is 2. The minimum Gasteiger partial charge on any atom is -0.462 e. The van der Waals surface area contributed by atoms with Crippen LogP contribution >= 0.6 is 15.9 Å². The molecule has 0 radical (unpaired) electrons. The Balaban J connectivity index is 1.74. The minimum atomic E-state index is -0.442. The second-order valence-corrected chi connectivity index (χ2v) is 9.89. The van der Waals surface area contributed by atoms with Crippen molar-refractivity contribution in [2.24, 2.45) is 0 Å². The van der Waals surface area contributed by atoms with Gasteiger partial charge in [-0.1, -0.05) is 36.4 Å². The minimum absolute atomic E-state index is 0.0371. The molecule has 4 rings (SSSR count). The number of ether oxygens (including phenoxy) is 1. The summed E-state index contributed by atoms with van der Waals surface area (Å²) in [4.78, 5) is 41.4. The molecule has 0 unspecified atom stereocenters. The average Bonchev–Trinajstić information content (AvgIpc) is 3.21. The number of nitrogens with one attached hydrogen (secondary N) is 2. The van der Waals surface area contributed by atoms with Crippen molar-refractivity contribution in [2.75, 3.05) is 49.8 Å². The summed E-state index contributed by atoms with van der Waals surface area (Å²) in [6.07, 6.45) is 0. The summed E-state index contributed by atoms with van der Waals surface area (Å²) in [6.45, 7) is 2.30. The number of halogens is 1. The van der Waals surface area contributed by atoms with E-state index >= 15 is 0 Å². The van der Waals surface area contributed by atoms with E-state index in [1.165, 1.54) is 0 Å². The summed E-state index contributed by atoms with van der Waals surface area (Å²) in [5, 5.41) is 6.30. The molecule has 0 fully saturated rings. The summed E-state index contributed by atoms with van der Waals surface area (Å²) >= 11 is 3.60. The molecule has 1 aliphatic rings. The summed E-state index contributed by atoms with van der Waals surface area (Å²) in [5.74, 6) is -0.760. The molecule has 8 nitrogen and oxygen atoms in total. The van der Waals surface area contributed by atoms with E-state index < -0.39 is 5.97 Å². The molecule has 0 aromatic heterocycles. The van der Waals surface area contributed by atoms with E-state index in [1.807, 2.05) is 67.5 Å². The van der Waals surface area contributed by atoms with Crippen LogP contribution in [0.5, 0.6) is 0 Å². The lowest BCUT2D eigenvalue weighted by molar-refractivity contribution is -0.119. The lowest BCUT2D eigenvalue weighted by Gasteiger charge is -2.22. The van der Waals surface area contributed by atoms with Gasteiger partial charge in [-0.15, -0.1) is 0 Å². The Morgan fingerprint density at radius 2 is 1.71 bits per heavy atom. The van der Waals surface area contributed by atoms with Crippen LogP contribution in [0.3, 0.4) is 0 Å². The number of anilines is 3. The highest BCUT2D eigenvalue weighted by Gasteiger charge is 2.29. The van der Waals surface area contributed by atoms with Gasteiger partial charge in [0.05, 0.1) is 41.4 Å². The van der Waals surface area contributed by atoms with Gasteiger partial charge in [0.1, 0.15) is 0 Å². The molecule has 0 saturated carbocycles. The fourth-order valence-electron chi connectivity index (χ4n) is 4.16. The predicted octanol–water partition coefficient (Wildman–Crippen LogP) is 5.08. The zero-order valence-corrected chi connectivity index (χ0v) is 23.3. The van der Waals surface area contributed by atoms with Crippen molar-refractivity contribution in [1.82, 2.24) is 4.90 Å². The highest BCUT2D eigenvalue weighted by Crippen LogP contribution is 2.39. The van der Waals surface area contributed by atoms with Gasteiger partial charge in [-0.3, -0.25) is 9.59 Å². The molecule has 0 atom stereocenters. The van der Waals surface area contributed by atoms with E-state index in [0.29, 0.717) is 34.6 Å². The largest absolute Gasteiger partial charge is 0.462 e. The highest BCUT2D eigenvalue weighted by molar-refractivity contribution is 9.10. The first kappa shape index (κ1) is 27.1. The Labute approximate surface area is 230 Å². The van der Waals surface area contributed by atoms with Gasteiger partial charge in [0.15, 0.2) is 0 Å². The molecule has 9 heteroatoms. The first-order chi connectivity index (χ1) is 18.2. The number of esters is 1. The standard InChI is InChI=1S/C29H29BrN4O4/c1-5-38-29(37)19-11-13-21-23(15-19)32-28(36)26(21)27(18-9-7-6-8-10-18)31-20-12-14-24(22(30)16-20)34(4)25(35)17-33(2)3/h6-16,31H,5,17H2,1-4H3,(H,32,36). The Morgan fingerprint density at radius 3 is 2.37 bits per heavy atom. The molecule has 0 spiro atoms. The van der Waals surface area contributed by atoms with Crippen LogP contribution in [0.4, 0.5) is 17.1 Å². The van der Waals surface area contributed by atoms with Crippen LogP contribution in [-0.4, -0.2) is 57.0 Å². The summed E-state index contributed by atoms with van der Waals surface area (Å²) in [6, 6.07) is 20.2. The van der Waals surface area contributed by atoms with E-state index in [2.05, 4.69) is 26.6 Å². The number of fused-ring (bicyclic) bond motifs is 1. The van der Waals surface area contributed by atoms with E-state index in [-0.39, 0.29) is 18.4 Å². The number of likely N-dealkylation sites (N-methyl/N-ethyl adjacent to an activating group) is 2. The smallest absolute Gasteiger partial charge is 0.338 e. The maximum absolute atomic E-state index is 13.2. The third kappa shape index (κ3) is 5.79. The third-order valence-corrected chi connectivity index (χ3v) is 6.63. The zero-order valence-electron chi connectivity index (χ0n) is 21.7. The van der Waals surface area contributed by atoms with Crippen LogP contribution in [0.1, 0.15) is 28.4 Å². The lowest BCUT2D eigenvalue weighted by atomic mass is 9.99. The van der Waals surface area contributed by atoms with Crippen LogP contribution in [0, 0.1) is 0 Å². The van der Waals surface area contributed by atoms with Crippen molar-refractivity contribution in [3.63, 3.8) is 0 Å². The zero-order chi connectivity index (χ0) is 27.4. The fourth-order valence-corrected chi connectivity index (χ4v) is 4.80. The number of benzene rings is 3. The average molecular weight is 577 g/mol. The van der Waals surface area contributed by atoms with E-state index in [9.17, 15) is 14.4 Å². The third-order valence-electron chi connectivity index (χ3n) is 5.99. The van der Waals surface area contributed by atoms with Gasteiger partial charge in [-0.05, 0) is 72.8 Å². The number of carbonyl (C=O) groups excluding carboxylic acids is 3. The van der Waals surface area contributed by atoms with Crippen molar-refractivity contribution in [1.29, 1.82) is 0 Å². The SMILES string of the molecule is CCOC(=O)c1ccc2c(c1)NC(=O)C2=C(Nc1ccc(N(C)C(=O)CN(C)C)c(Br)c1)c1ccccc1. The number of amides is 2. The van der Waals surface area contributed by atoms with Crippen LogP contribution in [0.2, 0.25) is 0 Å². The second-order valence-electron chi connectivity index (χ2n) is 9.03. The molecule has 3 aromatic rings. The molecule has 0 aliphatic carbocycles. The maximum atomic E-state index is 13.2. The van der Waals surface area contributed by atoms with Gasteiger partial charge in [0, 0.05) is 22.8 Å². The van der Waals surface area contributed by atoms with Crippen molar-refractivity contribution in [3.8, 4) is 0 Å². The number of hydrogen-bond acceptors (Lipinski definition) is 6. The van der Waals surface area contributed by atoms with Crippen LogP contribution in [0.25, 0.3) is 11.3 Å². The number of carbonyl (C=O) groups is 3. The van der Waals surface area contributed by atoms with Gasteiger partial charge in [-0.25, -0.2) is 4.79 Å². The molecule has 0 bridgehead atoms. The summed E-state index contributed by atoms with van der Waals surface area (Å²) in [5.41, 5.74) is 4.94. The molecular weight excluding hydrogens is 548 g/mol. The summed E-state index contributed by atoms with van der Waals surface area (Å²) in [7, 11) is 5.43. The molecule has 1 aliphatic heterocycles. The monoisotopic (exact) mass is 576 g/mol. The molecule has 196 valence electrons. The van der Waals surface area contributed by atoms with Crippen molar-refractivity contribution in [3.05, 3.63) is 87.9 Å². The summed E-state index contributed by atoms with van der Waals surface area (Å²) < 4.78 is 5.83. The normalized spacial score (nSPS) is 13.6. The van der Waals surface area contributed by atoms with E-state index in [4.69, 9.17) is 4.74 Å². The van der Waals surface area contributed by atoms with Crippen molar-refractivity contribution >= 4 is 62.0 Å². The van der Waals surface area contributed by atoms with Gasteiger partial charge in [-0.2, -0.15) is 0 Å². The molecule has 2 N–H and O–H groups in total. The Kier molecular flexibility index (Phi) is 8.29. The van der Waals surface area contributed by atoms with Crippen LogP contribution < -0.4 is 15.5 Å². The topological polar surface area (TPSA) is 91.0 Å². The quantitative estimate of drug-likeness (QED) is 0.287. The Hall–Kier alpha value is -3.95. The molecule has 0 saturated heterocycles.